The second kappa shape index (κ2) is 7.05. The first-order valence-electron chi connectivity index (χ1n) is 7.28. The second-order valence-corrected chi connectivity index (χ2v) is 5.57. The van der Waals surface area contributed by atoms with Gasteiger partial charge in [0, 0.05) is 5.69 Å². The Morgan fingerprint density at radius 2 is 1.71 bits per heavy atom. The summed E-state index contributed by atoms with van der Waals surface area (Å²) in [6.45, 7) is 5.68. The van der Waals surface area contributed by atoms with E-state index in [0.717, 1.165) is 28.8 Å². The SMILES string of the molecule is Cc1cc(C)c(NC(=O)/C(C#N)=C/c2ccc(F)c(F)c2)c(C)c1. The molecule has 1 amide bonds. The van der Waals surface area contributed by atoms with Crippen molar-refractivity contribution in [3.05, 3.63) is 69.8 Å². The van der Waals surface area contributed by atoms with Crippen LogP contribution in [0.4, 0.5) is 14.5 Å². The van der Waals surface area contributed by atoms with Crippen LogP contribution in [-0.4, -0.2) is 5.91 Å². The lowest BCUT2D eigenvalue weighted by molar-refractivity contribution is -0.112. The van der Waals surface area contributed by atoms with Crippen molar-refractivity contribution in [2.75, 3.05) is 5.32 Å². The third-order valence-electron chi connectivity index (χ3n) is 3.54. The zero-order valence-electron chi connectivity index (χ0n) is 13.6. The van der Waals surface area contributed by atoms with Crippen molar-refractivity contribution in [2.45, 2.75) is 20.8 Å². The highest BCUT2D eigenvalue weighted by atomic mass is 19.2. The van der Waals surface area contributed by atoms with Gasteiger partial charge in [0.15, 0.2) is 11.6 Å². The number of rotatable bonds is 3. The standard InChI is InChI=1S/C19H16F2N2O/c1-11-6-12(2)18(13(3)7-11)23-19(24)15(10-22)8-14-4-5-16(20)17(21)9-14/h4-9H,1-3H3,(H,23,24)/b15-8+. The first kappa shape index (κ1) is 17.4. The number of carbonyl (C=O) groups is 1. The largest absolute Gasteiger partial charge is 0.321 e. The molecule has 0 atom stereocenters. The van der Waals surface area contributed by atoms with Crippen LogP contribution >= 0.6 is 0 Å². The molecule has 0 unspecified atom stereocenters. The monoisotopic (exact) mass is 326 g/mol. The van der Waals surface area contributed by atoms with Crippen molar-refractivity contribution in [1.82, 2.24) is 0 Å². The molecular weight excluding hydrogens is 310 g/mol. The summed E-state index contributed by atoms with van der Waals surface area (Å²) in [6, 6.07) is 8.81. The van der Waals surface area contributed by atoms with Gasteiger partial charge in [-0.25, -0.2) is 8.78 Å². The lowest BCUT2D eigenvalue weighted by atomic mass is 10.0. The summed E-state index contributed by atoms with van der Waals surface area (Å²) >= 11 is 0. The van der Waals surface area contributed by atoms with Gasteiger partial charge in [-0.05, 0) is 55.7 Å². The van der Waals surface area contributed by atoms with Gasteiger partial charge in [0.2, 0.25) is 0 Å². The molecule has 0 bridgehead atoms. The molecule has 0 heterocycles. The number of nitriles is 1. The first-order chi connectivity index (χ1) is 11.3. The lowest BCUT2D eigenvalue weighted by Crippen LogP contribution is -2.15. The van der Waals surface area contributed by atoms with Crippen molar-refractivity contribution < 1.29 is 13.6 Å². The number of nitrogens with zero attached hydrogens (tertiary/aromatic N) is 1. The fourth-order valence-electron chi connectivity index (χ4n) is 2.48. The maximum Gasteiger partial charge on any atom is 0.266 e. The predicted molar refractivity (Wildman–Crippen MR) is 89.2 cm³/mol. The highest BCUT2D eigenvalue weighted by molar-refractivity contribution is 6.10. The van der Waals surface area contributed by atoms with Crippen LogP contribution in [0, 0.1) is 43.7 Å². The van der Waals surface area contributed by atoms with Gasteiger partial charge < -0.3 is 5.32 Å². The second-order valence-electron chi connectivity index (χ2n) is 5.57. The van der Waals surface area contributed by atoms with E-state index in [9.17, 15) is 18.8 Å². The van der Waals surface area contributed by atoms with Gasteiger partial charge in [0.25, 0.3) is 5.91 Å². The molecule has 122 valence electrons. The van der Waals surface area contributed by atoms with E-state index < -0.39 is 17.5 Å². The van der Waals surface area contributed by atoms with Crippen LogP contribution in [0.3, 0.4) is 0 Å². The maximum absolute atomic E-state index is 13.2. The third-order valence-corrected chi connectivity index (χ3v) is 3.54. The van der Waals surface area contributed by atoms with Crippen LogP contribution in [0.1, 0.15) is 22.3 Å². The van der Waals surface area contributed by atoms with Crippen LogP contribution in [0.25, 0.3) is 6.08 Å². The molecule has 0 aromatic heterocycles. The Balaban J connectivity index is 2.31. The molecule has 0 saturated carbocycles. The lowest BCUT2D eigenvalue weighted by Gasteiger charge is -2.12. The van der Waals surface area contributed by atoms with E-state index in [1.807, 2.05) is 32.9 Å². The number of hydrogen-bond donors (Lipinski definition) is 1. The molecule has 0 aliphatic carbocycles. The van der Waals surface area contributed by atoms with Crippen LogP contribution < -0.4 is 5.32 Å². The number of halogens is 2. The number of aryl methyl sites for hydroxylation is 3. The summed E-state index contributed by atoms with van der Waals surface area (Å²) in [5, 5.41) is 11.9. The van der Waals surface area contributed by atoms with Crippen LogP contribution in [0.2, 0.25) is 0 Å². The van der Waals surface area contributed by atoms with Gasteiger partial charge in [-0.1, -0.05) is 23.8 Å². The van der Waals surface area contributed by atoms with E-state index >= 15 is 0 Å². The van der Waals surface area contributed by atoms with Crippen LogP contribution in [0.15, 0.2) is 35.9 Å². The number of nitrogens with one attached hydrogen (secondary N) is 1. The van der Waals surface area contributed by atoms with Crippen LogP contribution in [-0.2, 0) is 4.79 Å². The van der Waals surface area contributed by atoms with E-state index in [1.54, 1.807) is 6.07 Å². The van der Waals surface area contributed by atoms with Crippen molar-refractivity contribution in [3.63, 3.8) is 0 Å². The predicted octanol–water partition coefficient (Wildman–Crippen LogP) is 4.44. The van der Waals surface area contributed by atoms with E-state index in [-0.39, 0.29) is 11.1 Å². The topological polar surface area (TPSA) is 52.9 Å². The Hall–Kier alpha value is -3.00. The van der Waals surface area contributed by atoms with Crippen molar-refractivity contribution >= 4 is 17.7 Å². The van der Waals surface area contributed by atoms with E-state index in [2.05, 4.69) is 5.32 Å². The van der Waals surface area contributed by atoms with Gasteiger partial charge in [0.1, 0.15) is 11.6 Å². The summed E-state index contributed by atoms with van der Waals surface area (Å²) in [6.07, 6.45) is 1.22. The molecule has 5 heteroatoms. The fraction of sp³-hybridized carbons (Fsp3) is 0.158. The molecule has 0 aliphatic heterocycles. The minimum Gasteiger partial charge on any atom is -0.321 e. The summed E-state index contributed by atoms with van der Waals surface area (Å²) < 4.78 is 26.2. The molecular formula is C19H16F2N2O. The third kappa shape index (κ3) is 3.85. The number of hydrogen-bond acceptors (Lipinski definition) is 2. The molecule has 3 nitrogen and oxygen atoms in total. The quantitative estimate of drug-likeness (QED) is 0.670. The van der Waals surface area contributed by atoms with E-state index in [4.69, 9.17) is 0 Å². The molecule has 0 saturated heterocycles. The van der Waals surface area contributed by atoms with Gasteiger partial charge in [-0.15, -0.1) is 0 Å². The molecule has 1 N–H and O–H groups in total. The van der Waals surface area contributed by atoms with Gasteiger partial charge >= 0.3 is 0 Å². The summed E-state index contributed by atoms with van der Waals surface area (Å²) in [5.41, 5.74) is 3.51. The van der Waals surface area contributed by atoms with Gasteiger partial charge in [0.05, 0.1) is 0 Å². The zero-order valence-corrected chi connectivity index (χ0v) is 13.6. The molecule has 2 rings (SSSR count). The van der Waals surface area contributed by atoms with Gasteiger partial charge in [-0.3, -0.25) is 4.79 Å². The summed E-state index contributed by atoms with van der Waals surface area (Å²) in [5.74, 6) is -2.62. The average Bonchev–Trinajstić information content (AvgIpc) is 2.51. The first-order valence-corrected chi connectivity index (χ1v) is 7.28. The highest BCUT2D eigenvalue weighted by Gasteiger charge is 2.13. The van der Waals surface area contributed by atoms with Crippen molar-refractivity contribution in [2.24, 2.45) is 0 Å². The molecule has 24 heavy (non-hydrogen) atoms. The zero-order chi connectivity index (χ0) is 17.9. The number of anilines is 1. The Labute approximate surface area is 139 Å². The van der Waals surface area contributed by atoms with E-state index in [0.29, 0.717) is 5.69 Å². The van der Waals surface area contributed by atoms with Crippen molar-refractivity contribution in [1.29, 1.82) is 5.26 Å². The fourth-order valence-corrected chi connectivity index (χ4v) is 2.48. The maximum atomic E-state index is 13.2. The Bertz CT molecular complexity index is 856. The number of carbonyl (C=O) groups excluding carboxylic acids is 1. The Kier molecular flexibility index (Phi) is 5.10. The summed E-state index contributed by atoms with van der Waals surface area (Å²) in [4.78, 5) is 12.3. The number of amides is 1. The molecule has 0 radical (unpaired) electrons. The molecule has 0 spiro atoms. The molecule has 0 aliphatic rings. The van der Waals surface area contributed by atoms with Crippen LogP contribution in [0.5, 0.6) is 0 Å². The van der Waals surface area contributed by atoms with E-state index in [1.165, 1.54) is 12.1 Å². The van der Waals surface area contributed by atoms with Gasteiger partial charge in [-0.2, -0.15) is 5.26 Å². The average molecular weight is 326 g/mol. The van der Waals surface area contributed by atoms with Crippen molar-refractivity contribution in [3.8, 4) is 6.07 Å². The smallest absolute Gasteiger partial charge is 0.266 e. The summed E-state index contributed by atoms with van der Waals surface area (Å²) in [7, 11) is 0. The molecule has 2 aromatic rings. The molecule has 2 aromatic carbocycles. The molecule has 0 fully saturated rings. The minimum atomic E-state index is -1.04. The Morgan fingerprint density at radius 3 is 2.25 bits per heavy atom. The minimum absolute atomic E-state index is 0.194. The highest BCUT2D eigenvalue weighted by Crippen LogP contribution is 2.23. The Morgan fingerprint density at radius 1 is 1.08 bits per heavy atom. The number of benzene rings is 2. The normalized spacial score (nSPS) is 11.1.